The second kappa shape index (κ2) is 13.1. The lowest BCUT2D eigenvalue weighted by atomic mass is 10.1. The van der Waals surface area contributed by atoms with Crippen molar-refractivity contribution in [3.8, 4) is 5.69 Å². The molecule has 4 rings (SSSR count). The topological polar surface area (TPSA) is 76.8 Å². The first kappa shape index (κ1) is 24.9. The number of benzene rings is 1. The lowest BCUT2D eigenvalue weighted by molar-refractivity contribution is -0.0721. The predicted molar refractivity (Wildman–Crippen MR) is 136 cm³/mol. The van der Waals surface area contributed by atoms with E-state index in [4.69, 9.17) is 14.5 Å². The Morgan fingerprint density at radius 3 is 2.66 bits per heavy atom. The van der Waals surface area contributed by atoms with Crippen molar-refractivity contribution >= 4 is 29.9 Å². The van der Waals surface area contributed by atoms with E-state index >= 15 is 0 Å². The number of piperidine rings is 1. The van der Waals surface area contributed by atoms with E-state index in [-0.39, 0.29) is 24.0 Å². The van der Waals surface area contributed by atoms with Gasteiger partial charge in [0.05, 0.1) is 31.0 Å². The van der Waals surface area contributed by atoms with Crippen LogP contribution in [0, 0.1) is 0 Å². The van der Waals surface area contributed by atoms with Crippen LogP contribution in [0.4, 0.5) is 0 Å². The Kier molecular flexibility index (Phi) is 10.2. The summed E-state index contributed by atoms with van der Waals surface area (Å²) in [5, 5.41) is 7.61. The maximum Gasteiger partial charge on any atom is 0.194 e. The summed E-state index contributed by atoms with van der Waals surface area (Å²) >= 11 is 0. The zero-order valence-corrected chi connectivity index (χ0v) is 21.2. The van der Waals surface area contributed by atoms with Gasteiger partial charge in [-0.1, -0.05) is 12.1 Å². The number of guanidine groups is 1. The van der Waals surface area contributed by atoms with Gasteiger partial charge in [-0.3, -0.25) is 0 Å². The molecular weight excluding hydrogens is 519 g/mol. The number of nitrogens with one attached hydrogen (secondary N) is 1. The van der Waals surface area contributed by atoms with Gasteiger partial charge in [-0.15, -0.1) is 24.0 Å². The molecular formula is C23H35IN6O2. The minimum absolute atomic E-state index is 0. The predicted octanol–water partition coefficient (Wildman–Crippen LogP) is 3.40. The molecule has 176 valence electrons. The molecule has 1 atom stereocenters. The Morgan fingerprint density at radius 2 is 2.00 bits per heavy atom. The lowest BCUT2D eigenvalue weighted by Gasteiger charge is -2.35. The van der Waals surface area contributed by atoms with Crippen LogP contribution < -0.4 is 5.32 Å². The molecule has 2 aliphatic heterocycles. The van der Waals surface area contributed by atoms with Gasteiger partial charge in [0, 0.05) is 26.2 Å². The van der Waals surface area contributed by atoms with Crippen LogP contribution in [-0.2, 0) is 16.0 Å². The number of nitrogens with zero attached hydrogens (tertiary/aromatic N) is 5. The van der Waals surface area contributed by atoms with Gasteiger partial charge in [-0.25, -0.2) is 14.7 Å². The van der Waals surface area contributed by atoms with E-state index in [1.807, 2.05) is 12.1 Å². The molecule has 1 aromatic carbocycles. The summed E-state index contributed by atoms with van der Waals surface area (Å²) in [5.41, 5.74) is 2.17. The number of halogens is 1. The van der Waals surface area contributed by atoms with Crippen LogP contribution >= 0.6 is 24.0 Å². The molecule has 1 unspecified atom stereocenters. The summed E-state index contributed by atoms with van der Waals surface area (Å²) in [6, 6.07) is 8.28. The highest BCUT2D eigenvalue weighted by Crippen LogP contribution is 2.18. The number of likely N-dealkylation sites (tertiary alicyclic amines) is 1. The molecule has 1 N–H and O–H groups in total. The van der Waals surface area contributed by atoms with E-state index < -0.39 is 0 Å². The van der Waals surface area contributed by atoms with Crippen molar-refractivity contribution in [1.29, 1.82) is 0 Å². The fraction of sp³-hybridized carbons (Fsp3) is 0.609. The highest BCUT2D eigenvalue weighted by Gasteiger charge is 2.23. The molecule has 0 aliphatic carbocycles. The van der Waals surface area contributed by atoms with Crippen molar-refractivity contribution in [3.63, 3.8) is 0 Å². The van der Waals surface area contributed by atoms with E-state index in [1.54, 1.807) is 17.3 Å². The summed E-state index contributed by atoms with van der Waals surface area (Å²) in [7, 11) is 0. The van der Waals surface area contributed by atoms with E-state index in [9.17, 15) is 0 Å². The third-order valence-electron chi connectivity index (χ3n) is 5.90. The van der Waals surface area contributed by atoms with Gasteiger partial charge in [0.15, 0.2) is 5.96 Å². The fourth-order valence-corrected chi connectivity index (χ4v) is 4.10. The van der Waals surface area contributed by atoms with E-state index in [0.717, 1.165) is 63.8 Å². The van der Waals surface area contributed by atoms with E-state index in [2.05, 4.69) is 39.4 Å². The van der Waals surface area contributed by atoms with Crippen molar-refractivity contribution in [1.82, 2.24) is 25.0 Å². The third kappa shape index (κ3) is 7.14. The zero-order valence-electron chi connectivity index (χ0n) is 18.9. The smallest absolute Gasteiger partial charge is 0.194 e. The summed E-state index contributed by atoms with van der Waals surface area (Å²) in [6.07, 6.45) is 9.51. The minimum atomic E-state index is 0. The number of rotatable bonds is 7. The molecule has 0 amide bonds. The molecule has 2 saturated heterocycles. The molecule has 8 nitrogen and oxygen atoms in total. The first-order valence-electron chi connectivity index (χ1n) is 11.5. The molecule has 2 aromatic rings. The van der Waals surface area contributed by atoms with Crippen molar-refractivity contribution in [3.05, 3.63) is 42.5 Å². The summed E-state index contributed by atoms with van der Waals surface area (Å²) in [4.78, 5) is 11.2. The largest absolute Gasteiger partial charge is 0.376 e. The number of ether oxygens (including phenoxy) is 2. The van der Waals surface area contributed by atoms with Gasteiger partial charge < -0.3 is 19.7 Å². The van der Waals surface area contributed by atoms with Crippen LogP contribution in [-0.4, -0.2) is 70.7 Å². The average molecular weight is 554 g/mol. The van der Waals surface area contributed by atoms with E-state index in [1.165, 1.54) is 18.4 Å². The second-order valence-corrected chi connectivity index (χ2v) is 8.18. The molecule has 0 bridgehead atoms. The monoisotopic (exact) mass is 554 g/mol. The van der Waals surface area contributed by atoms with Crippen molar-refractivity contribution in [2.75, 3.05) is 32.8 Å². The molecule has 2 fully saturated rings. The molecule has 32 heavy (non-hydrogen) atoms. The number of aliphatic imine (C=N–C) groups is 1. The minimum Gasteiger partial charge on any atom is -0.376 e. The SMILES string of the molecule is CCNC(=NCc1ccc(-n2cncn2)cc1)N1CCC(OCC2CCCCO2)CC1.I. The molecule has 0 saturated carbocycles. The van der Waals surface area contributed by atoms with Crippen molar-refractivity contribution < 1.29 is 9.47 Å². The molecule has 0 radical (unpaired) electrons. The summed E-state index contributed by atoms with van der Waals surface area (Å²) in [6.45, 7) is 7.18. The Bertz CT molecular complexity index is 800. The quantitative estimate of drug-likeness (QED) is 0.321. The van der Waals surface area contributed by atoms with Crippen molar-refractivity contribution in [2.24, 2.45) is 4.99 Å². The van der Waals surface area contributed by atoms with Crippen LogP contribution in [0.25, 0.3) is 5.69 Å². The van der Waals surface area contributed by atoms with Gasteiger partial charge >= 0.3 is 0 Å². The number of hydrogen-bond acceptors (Lipinski definition) is 5. The number of aromatic nitrogens is 3. The van der Waals surface area contributed by atoms with Crippen LogP contribution in [0.1, 0.15) is 44.6 Å². The second-order valence-electron chi connectivity index (χ2n) is 8.18. The highest BCUT2D eigenvalue weighted by atomic mass is 127. The molecule has 9 heteroatoms. The van der Waals surface area contributed by atoms with Crippen LogP contribution in [0.3, 0.4) is 0 Å². The van der Waals surface area contributed by atoms with Gasteiger partial charge in [0.1, 0.15) is 12.7 Å². The first-order valence-corrected chi connectivity index (χ1v) is 11.5. The Labute approximate surface area is 207 Å². The normalized spacial score (nSPS) is 20.1. The standard InChI is InChI=1S/C23H34N6O2.HI/c1-2-25-23(26-15-19-6-8-20(9-7-19)29-18-24-17-27-29)28-12-10-21(11-13-28)31-16-22-5-3-4-14-30-22;/h6-9,17-18,21-22H,2-5,10-16H2,1H3,(H,25,26);1H. The summed E-state index contributed by atoms with van der Waals surface area (Å²) < 4.78 is 13.7. The zero-order chi connectivity index (χ0) is 21.3. The molecule has 2 aliphatic rings. The average Bonchev–Trinajstić information content (AvgIpc) is 3.37. The first-order chi connectivity index (χ1) is 15.3. The number of hydrogen-bond donors (Lipinski definition) is 1. The van der Waals surface area contributed by atoms with Gasteiger partial charge in [-0.2, -0.15) is 5.10 Å². The third-order valence-corrected chi connectivity index (χ3v) is 5.90. The van der Waals surface area contributed by atoms with Crippen LogP contribution in [0.2, 0.25) is 0 Å². The van der Waals surface area contributed by atoms with E-state index in [0.29, 0.717) is 18.8 Å². The highest BCUT2D eigenvalue weighted by molar-refractivity contribution is 14.0. The van der Waals surface area contributed by atoms with Gasteiger partial charge in [0.25, 0.3) is 0 Å². The van der Waals surface area contributed by atoms with Gasteiger partial charge in [0.2, 0.25) is 0 Å². The Balaban J connectivity index is 0.00000289. The van der Waals surface area contributed by atoms with Crippen LogP contribution in [0.15, 0.2) is 41.9 Å². The van der Waals surface area contributed by atoms with Gasteiger partial charge in [-0.05, 0) is 56.7 Å². The molecule has 1 aromatic heterocycles. The van der Waals surface area contributed by atoms with Crippen molar-refractivity contribution in [2.45, 2.75) is 57.8 Å². The molecule has 0 spiro atoms. The lowest BCUT2D eigenvalue weighted by Crippen LogP contribution is -2.47. The summed E-state index contributed by atoms with van der Waals surface area (Å²) in [5.74, 6) is 0.983. The fourth-order valence-electron chi connectivity index (χ4n) is 4.10. The Hall–Kier alpha value is -1.72. The molecule has 3 heterocycles. The van der Waals surface area contributed by atoms with Crippen LogP contribution in [0.5, 0.6) is 0 Å². The maximum absolute atomic E-state index is 6.16. The Morgan fingerprint density at radius 1 is 1.19 bits per heavy atom. The maximum atomic E-state index is 6.16.